The van der Waals surface area contributed by atoms with E-state index in [1.54, 1.807) is 0 Å². The number of hydrogen-bond donors (Lipinski definition) is 0. The zero-order valence-electron chi connectivity index (χ0n) is 14.6. The fourth-order valence-corrected chi connectivity index (χ4v) is 3.62. The van der Waals surface area contributed by atoms with E-state index in [-0.39, 0.29) is 0 Å². The second-order valence-electron chi connectivity index (χ2n) is 6.88. The molecular formula is C20H26F4O. The highest BCUT2D eigenvalue weighted by molar-refractivity contribution is 5.32. The van der Waals surface area contributed by atoms with Crippen molar-refractivity contribution >= 4 is 0 Å². The molecule has 0 aliphatic heterocycles. The van der Waals surface area contributed by atoms with Crippen LogP contribution in [-0.2, 0) is 6.42 Å². The van der Waals surface area contributed by atoms with Crippen LogP contribution in [0, 0.1) is 23.5 Å². The molecular weight excluding hydrogens is 332 g/mol. The van der Waals surface area contributed by atoms with Crippen molar-refractivity contribution in [1.29, 1.82) is 0 Å². The Morgan fingerprint density at radius 3 is 2.12 bits per heavy atom. The van der Waals surface area contributed by atoms with Gasteiger partial charge in [-0.2, -0.15) is 0 Å². The molecule has 0 unspecified atom stereocenters. The first-order chi connectivity index (χ1) is 12.0. The second kappa shape index (κ2) is 9.83. The van der Waals surface area contributed by atoms with E-state index in [2.05, 4.69) is 11.7 Å². The summed E-state index contributed by atoms with van der Waals surface area (Å²) in [6.45, 7) is 2.21. The largest absolute Gasteiger partial charge is 0.459 e. The van der Waals surface area contributed by atoms with Gasteiger partial charge in [-0.1, -0.05) is 45.4 Å². The van der Waals surface area contributed by atoms with E-state index in [9.17, 15) is 17.6 Å². The maximum absolute atomic E-state index is 14.0. The molecule has 1 nitrogen and oxygen atoms in total. The minimum Gasteiger partial charge on any atom is -0.459 e. The molecule has 0 spiro atoms. The maximum Gasteiger partial charge on any atom is 0.260 e. The zero-order chi connectivity index (χ0) is 18.2. The Hall–Kier alpha value is -1.52. The predicted octanol–water partition coefficient (Wildman–Crippen LogP) is 6.66. The van der Waals surface area contributed by atoms with E-state index < -0.39 is 23.8 Å². The van der Waals surface area contributed by atoms with Crippen molar-refractivity contribution in [2.75, 3.05) is 0 Å². The van der Waals surface area contributed by atoms with Crippen LogP contribution in [0.4, 0.5) is 17.6 Å². The van der Waals surface area contributed by atoms with E-state index in [1.165, 1.54) is 50.7 Å². The van der Waals surface area contributed by atoms with Gasteiger partial charge in [-0.25, -0.2) is 17.6 Å². The highest BCUT2D eigenvalue weighted by Gasteiger charge is 2.21. The summed E-state index contributed by atoms with van der Waals surface area (Å²) < 4.78 is 56.5. The number of rotatable bonds is 8. The van der Waals surface area contributed by atoms with Crippen molar-refractivity contribution in [3.63, 3.8) is 0 Å². The molecule has 0 atom stereocenters. The van der Waals surface area contributed by atoms with E-state index in [4.69, 9.17) is 0 Å². The van der Waals surface area contributed by atoms with Gasteiger partial charge in [-0.05, 0) is 42.4 Å². The van der Waals surface area contributed by atoms with Crippen molar-refractivity contribution < 1.29 is 22.3 Å². The number of benzene rings is 1. The Bertz CT molecular complexity index is 540. The molecule has 2 rings (SSSR count). The SMILES string of the molecule is CCCC1CCC(CCc2cc(F)c(OC=CC(F)F)c(F)c2)CC1. The number of alkyl halides is 2. The van der Waals surface area contributed by atoms with E-state index >= 15 is 0 Å². The zero-order valence-corrected chi connectivity index (χ0v) is 14.6. The highest BCUT2D eigenvalue weighted by atomic mass is 19.3. The molecule has 0 bridgehead atoms. The Morgan fingerprint density at radius 1 is 1.04 bits per heavy atom. The first kappa shape index (κ1) is 19.8. The molecule has 0 heterocycles. The van der Waals surface area contributed by atoms with Crippen LogP contribution in [0.15, 0.2) is 24.5 Å². The summed E-state index contributed by atoms with van der Waals surface area (Å²) in [7, 11) is 0. The van der Waals surface area contributed by atoms with Gasteiger partial charge in [0.2, 0.25) is 0 Å². The maximum atomic E-state index is 14.0. The van der Waals surface area contributed by atoms with Gasteiger partial charge in [-0.15, -0.1) is 0 Å². The van der Waals surface area contributed by atoms with Gasteiger partial charge < -0.3 is 4.74 Å². The Kier molecular flexibility index (Phi) is 7.79. The first-order valence-electron chi connectivity index (χ1n) is 9.09. The number of halogens is 4. The Morgan fingerprint density at radius 2 is 1.60 bits per heavy atom. The molecule has 0 radical (unpaired) electrons. The second-order valence-corrected chi connectivity index (χ2v) is 6.88. The lowest BCUT2D eigenvalue weighted by molar-refractivity contribution is 0.200. The third-order valence-corrected chi connectivity index (χ3v) is 4.97. The summed E-state index contributed by atoms with van der Waals surface area (Å²) in [5, 5.41) is 0. The van der Waals surface area contributed by atoms with Crippen molar-refractivity contribution in [3.05, 3.63) is 41.7 Å². The molecule has 1 fully saturated rings. The molecule has 0 saturated heterocycles. The Balaban J connectivity index is 1.87. The molecule has 140 valence electrons. The number of aryl methyl sites for hydroxylation is 1. The normalized spacial score (nSPS) is 21.2. The fourth-order valence-electron chi connectivity index (χ4n) is 3.62. The summed E-state index contributed by atoms with van der Waals surface area (Å²) in [5.41, 5.74) is 0.580. The van der Waals surface area contributed by atoms with Crippen molar-refractivity contribution in [1.82, 2.24) is 0 Å². The van der Waals surface area contributed by atoms with Crippen LogP contribution < -0.4 is 4.74 Å². The molecule has 1 saturated carbocycles. The lowest BCUT2D eigenvalue weighted by Gasteiger charge is -2.28. The third-order valence-electron chi connectivity index (χ3n) is 4.97. The van der Waals surface area contributed by atoms with Crippen LogP contribution in [0.1, 0.15) is 57.4 Å². The van der Waals surface area contributed by atoms with Gasteiger partial charge in [-0.3, -0.25) is 0 Å². The predicted molar refractivity (Wildman–Crippen MR) is 90.8 cm³/mol. The summed E-state index contributed by atoms with van der Waals surface area (Å²) in [6, 6.07) is 2.47. The smallest absolute Gasteiger partial charge is 0.260 e. The van der Waals surface area contributed by atoms with E-state index in [0.29, 0.717) is 30.2 Å². The minimum absolute atomic E-state index is 0.432. The quantitative estimate of drug-likeness (QED) is 0.373. The summed E-state index contributed by atoms with van der Waals surface area (Å²) in [5.74, 6) is -0.903. The lowest BCUT2D eigenvalue weighted by atomic mass is 9.78. The highest BCUT2D eigenvalue weighted by Crippen LogP contribution is 2.34. The average molecular weight is 358 g/mol. The molecule has 1 aliphatic rings. The van der Waals surface area contributed by atoms with Crippen molar-refractivity contribution in [2.24, 2.45) is 11.8 Å². The van der Waals surface area contributed by atoms with E-state index in [0.717, 1.165) is 12.3 Å². The van der Waals surface area contributed by atoms with Gasteiger partial charge >= 0.3 is 0 Å². The topological polar surface area (TPSA) is 9.23 Å². The number of hydrogen-bond acceptors (Lipinski definition) is 1. The van der Waals surface area contributed by atoms with Crippen LogP contribution in [-0.4, -0.2) is 6.43 Å². The lowest BCUT2D eigenvalue weighted by Crippen LogP contribution is -2.15. The summed E-state index contributed by atoms with van der Waals surface area (Å²) in [6.07, 6.45) is 7.27. The number of ether oxygens (including phenoxy) is 1. The van der Waals surface area contributed by atoms with Crippen molar-refractivity contribution in [3.8, 4) is 5.75 Å². The molecule has 25 heavy (non-hydrogen) atoms. The molecule has 5 heteroatoms. The van der Waals surface area contributed by atoms with Crippen molar-refractivity contribution in [2.45, 2.75) is 64.7 Å². The monoisotopic (exact) mass is 358 g/mol. The molecule has 1 aromatic rings. The molecule has 0 N–H and O–H groups in total. The van der Waals surface area contributed by atoms with Gasteiger partial charge in [0.1, 0.15) is 0 Å². The molecule has 1 aromatic carbocycles. The van der Waals surface area contributed by atoms with Crippen LogP contribution in [0.2, 0.25) is 0 Å². The first-order valence-corrected chi connectivity index (χ1v) is 9.09. The van der Waals surface area contributed by atoms with Gasteiger partial charge in [0, 0.05) is 6.08 Å². The van der Waals surface area contributed by atoms with Gasteiger partial charge in [0.15, 0.2) is 17.4 Å². The van der Waals surface area contributed by atoms with Crippen LogP contribution >= 0.6 is 0 Å². The van der Waals surface area contributed by atoms with Crippen LogP contribution in [0.5, 0.6) is 5.75 Å². The number of allylic oxidation sites excluding steroid dienone is 1. The molecule has 1 aliphatic carbocycles. The van der Waals surface area contributed by atoms with Gasteiger partial charge in [0.05, 0.1) is 6.26 Å². The summed E-state index contributed by atoms with van der Waals surface area (Å²) >= 11 is 0. The summed E-state index contributed by atoms with van der Waals surface area (Å²) in [4.78, 5) is 0. The van der Waals surface area contributed by atoms with Crippen LogP contribution in [0.25, 0.3) is 0 Å². The van der Waals surface area contributed by atoms with Gasteiger partial charge in [0.25, 0.3) is 6.43 Å². The molecule has 0 aromatic heterocycles. The minimum atomic E-state index is -2.72. The third kappa shape index (κ3) is 6.37. The standard InChI is InChI=1S/C20H26F4O/c1-2-3-14-4-6-15(7-5-14)8-9-16-12-17(21)20(18(22)13-16)25-11-10-19(23)24/h10-15,19H,2-9H2,1H3. The fraction of sp³-hybridized carbons (Fsp3) is 0.600. The molecule has 0 amide bonds. The van der Waals surface area contributed by atoms with E-state index in [1.807, 2.05) is 0 Å². The van der Waals surface area contributed by atoms with Crippen LogP contribution in [0.3, 0.4) is 0 Å². The Labute approximate surface area is 147 Å². The average Bonchev–Trinajstić information content (AvgIpc) is 2.57.